The number of nitrogens with one attached hydrogen (secondary N) is 1. The van der Waals surface area contributed by atoms with Gasteiger partial charge in [-0.25, -0.2) is 0 Å². The second-order valence-electron chi connectivity index (χ2n) is 9.58. The number of hydrogen-bond acceptors (Lipinski definition) is 4. The van der Waals surface area contributed by atoms with Crippen molar-refractivity contribution in [3.63, 3.8) is 0 Å². The van der Waals surface area contributed by atoms with Crippen LogP contribution < -0.4 is 10.1 Å². The Labute approximate surface area is 188 Å². The number of carbonyl (C=O) groups is 2. The molecule has 5 nitrogen and oxygen atoms in total. The number of carbonyl (C=O) groups excluding carboxylic acids is 2. The average molecular weight is 432 g/mol. The SMILES string of the molecule is C=C1CC2COC(=O)C2(Cc2ccc(NC(=O)Cc3cccc(OCC4CC4)c3)cc2)C1. The van der Waals surface area contributed by atoms with Gasteiger partial charge in [-0.3, -0.25) is 9.59 Å². The van der Waals surface area contributed by atoms with Gasteiger partial charge >= 0.3 is 5.97 Å². The van der Waals surface area contributed by atoms with E-state index in [1.54, 1.807) is 0 Å². The first kappa shape index (κ1) is 20.8. The third-order valence-corrected chi connectivity index (χ3v) is 6.91. The van der Waals surface area contributed by atoms with E-state index < -0.39 is 5.41 Å². The number of esters is 1. The van der Waals surface area contributed by atoms with E-state index >= 15 is 0 Å². The summed E-state index contributed by atoms with van der Waals surface area (Å²) in [5.74, 6) is 1.58. The zero-order valence-electron chi connectivity index (χ0n) is 18.3. The zero-order valence-corrected chi connectivity index (χ0v) is 18.3. The first-order valence-electron chi connectivity index (χ1n) is 11.4. The smallest absolute Gasteiger partial charge is 0.313 e. The van der Waals surface area contributed by atoms with Gasteiger partial charge in [0.15, 0.2) is 0 Å². The highest BCUT2D eigenvalue weighted by atomic mass is 16.5. The van der Waals surface area contributed by atoms with Crippen molar-refractivity contribution in [3.8, 4) is 5.75 Å². The summed E-state index contributed by atoms with van der Waals surface area (Å²) in [6, 6.07) is 15.5. The lowest BCUT2D eigenvalue weighted by Gasteiger charge is -2.24. The van der Waals surface area contributed by atoms with Crippen molar-refractivity contribution in [1.29, 1.82) is 0 Å². The summed E-state index contributed by atoms with van der Waals surface area (Å²) in [5, 5.41) is 2.97. The minimum atomic E-state index is -0.464. The van der Waals surface area contributed by atoms with Gasteiger partial charge in [-0.1, -0.05) is 36.4 Å². The second-order valence-corrected chi connectivity index (χ2v) is 9.58. The standard InChI is InChI=1S/C27H29NO4/c1-18-11-22-17-32-26(30)27(22,14-18)15-19-7-9-23(10-8-19)28-25(29)13-21-3-2-4-24(12-21)31-16-20-5-6-20/h2-4,7-10,12,20,22H,1,5-6,11,13-17H2,(H,28,29). The van der Waals surface area contributed by atoms with E-state index in [-0.39, 0.29) is 17.8 Å². The highest BCUT2D eigenvalue weighted by Crippen LogP contribution is 2.52. The molecule has 3 fully saturated rings. The Balaban J connectivity index is 1.18. The van der Waals surface area contributed by atoms with E-state index in [9.17, 15) is 9.59 Å². The predicted octanol–water partition coefficient (Wildman–Crippen LogP) is 4.71. The quantitative estimate of drug-likeness (QED) is 0.486. The highest BCUT2D eigenvalue weighted by molar-refractivity contribution is 5.92. The van der Waals surface area contributed by atoms with Crippen molar-refractivity contribution >= 4 is 17.6 Å². The van der Waals surface area contributed by atoms with E-state index in [4.69, 9.17) is 9.47 Å². The first-order chi connectivity index (χ1) is 15.5. The van der Waals surface area contributed by atoms with E-state index in [0.717, 1.165) is 41.2 Å². The van der Waals surface area contributed by atoms with Gasteiger partial charge in [-0.15, -0.1) is 0 Å². The van der Waals surface area contributed by atoms with Crippen LogP contribution in [0, 0.1) is 17.3 Å². The molecule has 1 saturated heterocycles. The van der Waals surface area contributed by atoms with Gasteiger partial charge in [0, 0.05) is 11.6 Å². The van der Waals surface area contributed by atoms with Gasteiger partial charge in [0.1, 0.15) is 5.75 Å². The summed E-state index contributed by atoms with van der Waals surface area (Å²) in [7, 11) is 0. The number of fused-ring (bicyclic) bond motifs is 1. The van der Waals surface area contributed by atoms with Crippen LogP contribution in [0.5, 0.6) is 5.75 Å². The monoisotopic (exact) mass is 431 g/mol. The fraction of sp³-hybridized carbons (Fsp3) is 0.407. The molecule has 0 bridgehead atoms. The number of rotatable bonds is 8. The van der Waals surface area contributed by atoms with E-state index in [1.165, 1.54) is 12.8 Å². The molecule has 2 saturated carbocycles. The van der Waals surface area contributed by atoms with Gasteiger partial charge in [0.2, 0.25) is 5.91 Å². The Morgan fingerprint density at radius 3 is 2.75 bits per heavy atom. The molecular weight excluding hydrogens is 402 g/mol. The number of cyclic esters (lactones) is 1. The molecule has 2 aromatic rings. The number of allylic oxidation sites excluding steroid dienone is 1. The Morgan fingerprint density at radius 1 is 1.16 bits per heavy atom. The summed E-state index contributed by atoms with van der Waals surface area (Å²) in [6.45, 7) is 5.36. The van der Waals surface area contributed by atoms with E-state index in [1.807, 2.05) is 48.5 Å². The summed E-state index contributed by atoms with van der Waals surface area (Å²) >= 11 is 0. The lowest BCUT2D eigenvalue weighted by Crippen LogP contribution is -2.31. The lowest BCUT2D eigenvalue weighted by molar-refractivity contribution is -0.146. The van der Waals surface area contributed by atoms with E-state index in [2.05, 4.69) is 11.9 Å². The molecule has 0 spiro atoms. The van der Waals surface area contributed by atoms with Crippen molar-refractivity contribution in [2.45, 2.75) is 38.5 Å². The number of ether oxygens (including phenoxy) is 2. The maximum Gasteiger partial charge on any atom is 0.313 e. The van der Waals surface area contributed by atoms with Crippen molar-refractivity contribution in [2.24, 2.45) is 17.3 Å². The Bertz CT molecular complexity index is 1040. The molecule has 32 heavy (non-hydrogen) atoms. The summed E-state index contributed by atoms with van der Waals surface area (Å²) in [6.07, 6.45) is 5.02. The third kappa shape index (κ3) is 4.43. The number of benzene rings is 2. The number of hydrogen-bond donors (Lipinski definition) is 1. The van der Waals surface area contributed by atoms with E-state index in [0.29, 0.717) is 31.8 Å². The fourth-order valence-corrected chi connectivity index (χ4v) is 4.97. The molecule has 1 N–H and O–H groups in total. The minimum absolute atomic E-state index is 0.0674. The molecule has 1 heterocycles. The minimum Gasteiger partial charge on any atom is -0.493 e. The van der Waals surface area contributed by atoms with Gasteiger partial charge in [0.25, 0.3) is 0 Å². The van der Waals surface area contributed by atoms with Gasteiger partial charge in [-0.05, 0) is 73.4 Å². The molecule has 2 unspecified atom stereocenters. The molecule has 2 aromatic carbocycles. The number of anilines is 1. The maximum atomic E-state index is 12.5. The van der Waals surface area contributed by atoms with Crippen LogP contribution in [0.25, 0.3) is 0 Å². The average Bonchev–Trinajstić information content (AvgIpc) is 3.49. The van der Waals surface area contributed by atoms with Crippen LogP contribution in [0.2, 0.25) is 0 Å². The van der Waals surface area contributed by atoms with Crippen molar-refractivity contribution in [3.05, 3.63) is 71.8 Å². The van der Waals surface area contributed by atoms with Crippen LogP contribution in [0.3, 0.4) is 0 Å². The number of amides is 1. The molecule has 1 aliphatic heterocycles. The van der Waals surface area contributed by atoms with Crippen LogP contribution in [0.15, 0.2) is 60.7 Å². The predicted molar refractivity (Wildman–Crippen MR) is 122 cm³/mol. The molecule has 166 valence electrons. The molecule has 1 amide bonds. The zero-order chi connectivity index (χ0) is 22.1. The summed E-state index contributed by atoms with van der Waals surface area (Å²) in [4.78, 5) is 25.0. The summed E-state index contributed by atoms with van der Waals surface area (Å²) < 4.78 is 11.2. The maximum absolute atomic E-state index is 12.5. The van der Waals surface area contributed by atoms with Gasteiger partial charge in [0.05, 0.1) is 25.0 Å². The topological polar surface area (TPSA) is 64.6 Å². The molecular formula is C27H29NO4. The van der Waals surface area contributed by atoms with Gasteiger partial charge in [-0.2, -0.15) is 0 Å². The molecule has 0 radical (unpaired) electrons. The third-order valence-electron chi connectivity index (χ3n) is 6.91. The van der Waals surface area contributed by atoms with Crippen LogP contribution in [-0.4, -0.2) is 25.1 Å². The molecule has 0 aromatic heterocycles. The van der Waals surface area contributed by atoms with Crippen molar-refractivity contribution < 1.29 is 19.1 Å². The second kappa shape index (κ2) is 8.45. The Morgan fingerprint density at radius 2 is 1.97 bits per heavy atom. The Hall–Kier alpha value is -3.08. The van der Waals surface area contributed by atoms with Crippen LogP contribution in [0.4, 0.5) is 5.69 Å². The first-order valence-corrected chi connectivity index (χ1v) is 11.4. The van der Waals surface area contributed by atoms with Crippen LogP contribution in [-0.2, 0) is 27.2 Å². The Kier molecular flexibility index (Phi) is 5.50. The molecule has 5 heteroatoms. The lowest BCUT2D eigenvalue weighted by atomic mass is 9.75. The molecule has 3 aliphatic rings. The molecule has 2 atom stereocenters. The van der Waals surface area contributed by atoms with Crippen LogP contribution in [0.1, 0.15) is 36.8 Å². The molecule has 5 rings (SSSR count). The molecule has 2 aliphatic carbocycles. The highest BCUT2D eigenvalue weighted by Gasteiger charge is 2.55. The van der Waals surface area contributed by atoms with Gasteiger partial charge < -0.3 is 14.8 Å². The largest absolute Gasteiger partial charge is 0.493 e. The normalized spacial score (nSPS) is 24.2. The van der Waals surface area contributed by atoms with Crippen molar-refractivity contribution in [1.82, 2.24) is 0 Å². The van der Waals surface area contributed by atoms with Crippen molar-refractivity contribution in [2.75, 3.05) is 18.5 Å². The van der Waals surface area contributed by atoms with Crippen LogP contribution >= 0.6 is 0 Å². The fourth-order valence-electron chi connectivity index (χ4n) is 4.97. The summed E-state index contributed by atoms with van der Waals surface area (Å²) in [5.41, 5.74) is 3.42.